The summed E-state index contributed by atoms with van der Waals surface area (Å²) >= 11 is 0. The van der Waals surface area contributed by atoms with E-state index in [0.717, 1.165) is 6.07 Å². The van der Waals surface area contributed by atoms with Gasteiger partial charge in [-0.1, -0.05) is 0 Å². The Bertz CT molecular complexity index is 604. The van der Waals surface area contributed by atoms with Crippen LogP contribution in [-0.4, -0.2) is 15.9 Å². The zero-order valence-electron chi connectivity index (χ0n) is 9.73. The van der Waals surface area contributed by atoms with Gasteiger partial charge in [-0.05, 0) is 6.07 Å². The molecule has 0 saturated carbocycles. The highest BCUT2D eigenvalue weighted by Crippen LogP contribution is 2.19. The molecule has 2 rings (SSSR count). The molecule has 0 aliphatic heterocycles. The van der Waals surface area contributed by atoms with Gasteiger partial charge >= 0.3 is 0 Å². The predicted octanol–water partition coefficient (Wildman–Crippen LogP) is 1.47. The lowest BCUT2D eigenvalue weighted by atomic mass is 10.1. The van der Waals surface area contributed by atoms with Crippen LogP contribution in [0.3, 0.4) is 0 Å². The Morgan fingerprint density at radius 3 is 2.68 bits per heavy atom. The molecule has 19 heavy (non-hydrogen) atoms. The number of primary amides is 1. The topological polar surface area (TPSA) is 80.9 Å². The maximum Gasteiger partial charge on any atom is 0.251 e. The van der Waals surface area contributed by atoms with E-state index in [2.05, 4.69) is 15.3 Å². The van der Waals surface area contributed by atoms with Crippen LogP contribution < -0.4 is 11.1 Å². The highest BCUT2D eigenvalue weighted by molar-refractivity contribution is 5.94. The van der Waals surface area contributed by atoms with E-state index in [1.807, 2.05) is 0 Å². The average Bonchev–Trinajstić information content (AvgIpc) is 2.38. The first-order valence-corrected chi connectivity index (χ1v) is 5.35. The Kier molecular flexibility index (Phi) is 3.65. The van der Waals surface area contributed by atoms with E-state index < -0.39 is 17.5 Å². The second-order valence-electron chi connectivity index (χ2n) is 3.73. The summed E-state index contributed by atoms with van der Waals surface area (Å²) < 4.78 is 26.8. The highest BCUT2D eigenvalue weighted by Gasteiger charge is 2.13. The number of hydrogen-bond donors (Lipinski definition) is 2. The first-order chi connectivity index (χ1) is 9.08. The van der Waals surface area contributed by atoms with Gasteiger partial charge in [0.15, 0.2) is 0 Å². The second-order valence-corrected chi connectivity index (χ2v) is 3.73. The van der Waals surface area contributed by atoms with Crippen LogP contribution >= 0.6 is 0 Å². The van der Waals surface area contributed by atoms with Crippen molar-refractivity contribution in [1.82, 2.24) is 9.97 Å². The lowest BCUT2D eigenvalue weighted by Crippen LogP contribution is -2.14. The number of nitrogens with zero attached hydrogens (tertiary/aromatic N) is 2. The maximum absolute atomic E-state index is 13.5. The molecule has 3 N–H and O–H groups in total. The molecule has 0 aliphatic rings. The van der Waals surface area contributed by atoms with Gasteiger partial charge in [0.25, 0.3) is 5.91 Å². The van der Waals surface area contributed by atoms with Gasteiger partial charge in [0.2, 0.25) is 0 Å². The number of carbonyl (C=O) groups is 1. The summed E-state index contributed by atoms with van der Waals surface area (Å²) in [7, 11) is 0. The third kappa shape index (κ3) is 3.01. The van der Waals surface area contributed by atoms with E-state index in [-0.39, 0.29) is 17.8 Å². The van der Waals surface area contributed by atoms with Gasteiger partial charge in [-0.3, -0.25) is 14.8 Å². The fourth-order valence-corrected chi connectivity index (χ4v) is 1.48. The summed E-state index contributed by atoms with van der Waals surface area (Å²) in [6.45, 7) is 0.189. The van der Waals surface area contributed by atoms with Crippen molar-refractivity contribution in [3.63, 3.8) is 0 Å². The first kappa shape index (κ1) is 12.9. The fourth-order valence-electron chi connectivity index (χ4n) is 1.48. The molecule has 1 amide bonds. The highest BCUT2D eigenvalue weighted by atomic mass is 19.1. The molecule has 1 heterocycles. The van der Waals surface area contributed by atoms with Crippen LogP contribution in [-0.2, 0) is 6.54 Å². The molecule has 0 bridgehead atoms. The Morgan fingerprint density at radius 2 is 2.05 bits per heavy atom. The summed E-state index contributed by atoms with van der Waals surface area (Å²) in [5.74, 6) is -2.76. The molecule has 0 atom stereocenters. The van der Waals surface area contributed by atoms with Crippen molar-refractivity contribution in [1.29, 1.82) is 0 Å². The van der Waals surface area contributed by atoms with E-state index in [1.54, 1.807) is 0 Å². The molecule has 98 valence electrons. The number of rotatable bonds is 4. The number of anilines is 1. The van der Waals surface area contributed by atoms with Crippen molar-refractivity contribution in [2.75, 3.05) is 5.32 Å². The van der Waals surface area contributed by atoms with Gasteiger partial charge < -0.3 is 11.1 Å². The third-order valence-corrected chi connectivity index (χ3v) is 2.40. The summed E-state index contributed by atoms with van der Waals surface area (Å²) in [6.07, 6.45) is 4.50. The molecule has 2 aromatic rings. The van der Waals surface area contributed by atoms with E-state index in [1.165, 1.54) is 18.6 Å². The van der Waals surface area contributed by atoms with Crippen molar-refractivity contribution < 1.29 is 13.6 Å². The molecule has 0 aliphatic carbocycles. The van der Waals surface area contributed by atoms with E-state index in [4.69, 9.17) is 5.73 Å². The smallest absolute Gasteiger partial charge is 0.251 e. The van der Waals surface area contributed by atoms with Crippen LogP contribution in [0.15, 0.2) is 30.7 Å². The van der Waals surface area contributed by atoms with Gasteiger partial charge in [0, 0.05) is 18.5 Å². The minimum Gasteiger partial charge on any atom is -0.377 e. The molecule has 0 radical (unpaired) electrons. The minimum absolute atomic E-state index is 0.0270. The number of carbonyl (C=O) groups excluding carboxylic acids is 1. The Balaban J connectivity index is 2.21. The van der Waals surface area contributed by atoms with Gasteiger partial charge in [0.05, 0.1) is 29.7 Å². The van der Waals surface area contributed by atoms with Crippen LogP contribution in [0.5, 0.6) is 0 Å². The largest absolute Gasteiger partial charge is 0.377 e. The Morgan fingerprint density at radius 1 is 1.26 bits per heavy atom. The van der Waals surface area contributed by atoms with Crippen molar-refractivity contribution >= 4 is 11.6 Å². The number of aromatic nitrogens is 2. The van der Waals surface area contributed by atoms with Gasteiger partial charge in [-0.2, -0.15) is 0 Å². The lowest BCUT2D eigenvalue weighted by Gasteiger charge is -2.08. The van der Waals surface area contributed by atoms with Crippen LogP contribution in [0.25, 0.3) is 0 Å². The maximum atomic E-state index is 13.5. The zero-order chi connectivity index (χ0) is 13.8. The number of hydrogen-bond acceptors (Lipinski definition) is 4. The summed E-state index contributed by atoms with van der Waals surface area (Å²) in [5, 5.41) is 2.70. The molecule has 0 saturated heterocycles. The zero-order valence-corrected chi connectivity index (χ0v) is 9.73. The van der Waals surface area contributed by atoms with E-state index in [9.17, 15) is 13.6 Å². The van der Waals surface area contributed by atoms with Crippen molar-refractivity contribution in [2.24, 2.45) is 5.73 Å². The summed E-state index contributed by atoms with van der Waals surface area (Å²) in [4.78, 5) is 18.8. The minimum atomic E-state index is -0.991. The van der Waals surface area contributed by atoms with Gasteiger partial charge in [0.1, 0.15) is 11.6 Å². The molecule has 0 unspecified atom stereocenters. The predicted molar refractivity (Wildman–Crippen MR) is 64.2 cm³/mol. The summed E-state index contributed by atoms with van der Waals surface area (Å²) in [5.41, 5.74) is 5.17. The monoisotopic (exact) mass is 264 g/mol. The summed E-state index contributed by atoms with van der Waals surface area (Å²) in [6, 6.07) is 1.64. The first-order valence-electron chi connectivity index (χ1n) is 5.35. The quantitative estimate of drug-likeness (QED) is 0.876. The number of halogens is 2. The number of nitrogens with two attached hydrogens (primary N) is 1. The van der Waals surface area contributed by atoms with Crippen LogP contribution in [0, 0.1) is 11.6 Å². The van der Waals surface area contributed by atoms with Crippen molar-refractivity contribution in [2.45, 2.75) is 6.54 Å². The van der Waals surface area contributed by atoms with E-state index >= 15 is 0 Å². The van der Waals surface area contributed by atoms with Gasteiger partial charge in [-0.15, -0.1) is 0 Å². The standard InChI is InChI=1S/C12H10F2N4O/c13-9-4-10(14)11(3-8(9)12(15)19)18-6-7-5-16-1-2-17-7/h1-5,18H,6H2,(H2,15,19). The molecule has 1 aromatic heterocycles. The number of benzene rings is 1. The molecular formula is C12H10F2N4O. The van der Waals surface area contributed by atoms with Crippen molar-refractivity contribution in [3.8, 4) is 0 Å². The van der Waals surface area contributed by atoms with Crippen LogP contribution in [0.4, 0.5) is 14.5 Å². The fraction of sp³-hybridized carbons (Fsp3) is 0.0833. The molecule has 7 heteroatoms. The third-order valence-electron chi connectivity index (χ3n) is 2.40. The van der Waals surface area contributed by atoms with Crippen LogP contribution in [0.2, 0.25) is 0 Å². The normalized spacial score (nSPS) is 10.2. The lowest BCUT2D eigenvalue weighted by molar-refractivity contribution is 0.0996. The van der Waals surface area contributed by atoms with Crippen LogP contribution in [0.1, 0.15) is 16.1 Å². The average molecular weight is 264 g/mol. The molecule has 0 spiro atoms. The Labute approximate surface area is 107 Å². The molecule has 0 fully saturated rings. The van der Waals surface area contributed by atoms with Gasteiger partial charge in [-0.25, -0.2) is 8.78 Å². The second kappa shape index (κ2) is 5.38. The van der Waals surface area contributed by atoms with Crippen molar-refractivity contribution in [3.05, 3.63) is 53.6 Å². The molecular weight excluding hydrogens is 254 g/mol. The number of amides is 1. The SMILES string of the molecule is NC(=O)c1cc(NCc2cnccn2)c(F)cc1F. The molecule has 1 aromatic carbocycles. The Hall–Kier alpha value is -2.57. The van der Waals surface area contributed by atoms with E-state index in [0.29, 0.717) is 11.8 Å². The molecule has 5 nitrogen and oxygen atoms in total. The number of nitrogens with one attached hydrogen (secondary N) is 1.